The minimum Gasteiger partial charge on any atom is -0.493 e. The number of fused-ring (bicyclic) bond motifs is 1. The Bertz CT molecular complexity index is 1010. The van der Waals surface area contributed by atoms with Gasteiger partial charge in [0.15, 0.2) is 0 Å². The largest absolute Gasteiger partial charge is 0.493 e. The number of nitrogens with one attached hydrogen (secondary N) is 1. The van der Waals surface area contributed by atoms with Crippen LogP contribution in [0.25, 0.3) is 10.8 Å². The van der Waals surface area contributed by atoms with Crippen LogP contribution in [-0.4, -0.2) is 6.61 Å². The fourth-order valence-corrected chi connectivity index (χ4v) is 3.48. The molecule has 0 heterocycles. The highest BCUT2D eigenvalue weighted by Crippen LogP contribution is 2.28. The topological polar surface area (TPSA) is 21.3 Å². The molecule has 0 amide bonds. The summed E-state index contributed by atoms with van der Waals surface area (Å²) in [6, 6.07) is 33.7. The van der Waals surface area contributed by atoms with Crippen molar-refractivity contribution in [1.82, 2.24) is 5.32 Å². The fourth-order valence-electron chi connectivity index (χ4n) is 3.48. The Hall–Kier alpha value is -3.10. The maximum absolute atomic E-state index is 6.21. The van der Waals surface area contributed by atoms with Crippen molar-refractivity contribution in [2.45, 2.75) is 19.5 Å². The van der Waals surface area contributed by atoms with Gasteiger partial charge in [0.25, 0.3) is 0 Å². The molecule has 0 saturated heterocycles. The van der Waals surface area contributed by atoms with Crippen molar-refractivity contribution < 1.29 is 4.74 Å². The Morgan fingerprint density at radius 1 is 0.607 bits per heavy atom. The van der Waals surface area contributed by atoms with Crippen molar-refractivity contribution in [2.75, 3.05) is 6.61 Å². The molecule has 28 heavy (non-hydrogen) atoms. The van der Waals surface area contributed by atoms with Crippen LogP contribution in [0.5, 0.6) is 5.75 Å². The van der Waals surface area contributed by atoms with E-state index in [0.717, 1.165) is 25.3 Å². The van der Waals surface area contributed by atoms with Crippen LogP contribution in [0.1, 0.15) is 16.7 Å². The van der Waals surface area contributed by atoms with Gasteiger partial charge in [-0.1, -0.05) is 91.0 Å². The lowest BCUT2D eigenvalue weighted by Crippen LogP contribution is -2.14. The predicted octanol–water partition coefficient (Wildman–Crippen LogP) is 5.75. The summed E-state index contributed by atoms with van der Waals surface area (Å²) in [4.78, 5) is 0. The first kappa shape index (κ1) is 18.3. The lowest BCUT2D eigenvalue weighted by atomic mass is 10.0. The molecule has 0 aromatic heterocycles. The van der Waals surface area contributed by atoms with Crippen LogP contribution in [0.3, 0.4) is 0 Å². The quantitative estimate of drug-likeness (QED) is 0.428. The highest BCUT2D eigenvalue weighted by Gasteiger charge is 2.09. The van der Waals surface area contributed by atoms with E-state index in [1.807, 2.05) is 12.1 Å². The second-order valence-corrected chi connectivity index (χ2v) is 6.94. The van der Waals surface area contributed by atoms with Crippen LogP contribution in [0.2, 0.25) is 0 Å². The molecule has 0 saturated carbocycles. The second-order valence-electron chi connectivity index (χ2n) is 6.94. The van der Waals surface area contributed by atoms with Crippen molar-refractivity contribution in [1.29, 1.82) is 0 Å². The third-order valence-electron chi connectivity index (χ3n) is 4.96. The van der Waals surface area contributed by atoms with E-state index in [1.54, 1.807) is 0 Å². The molecule has 0 unspecified atom stereocenters. The third kappa shape index (κ3) is 4.59. The summed E-state index contributed by atoms with van der Waals surface area (Å²) in [6.45, 7) is 2.29. The molecule has 0 aliphatic heterocycles. The second kappa shape index (κ2) is 9.20. The molecule has 1 N–H and O–H groups in total. The van der Waals surface area contributed by atoms with Crippen LogP contribution in [0, 0.1) is 0 Å². The van der Waals surface area contributed by atoms with E-state index in [-0.39, 0.29) is 0 Å². The minimum atomic E-state index is 0.675. The maximum Gasteiger partial charge on any atom is 0.124 e. The van der Waals surface area contributed by atoms with E-state index >= 15 is 0 Å². The zero-order valence-electron chi connectivity index (χ0n) is 16.0. The number of rotatable bonds is 8. The van der Waals surface area contributed by atoms with Crippen LogP contribution < -0.4 is 10.1 Å². The smallest absolute Gasteiger partial charge is 0.124 e. The maximum atomic E-state index is 6.21. The number of hydrogen-bond acceptors (Lipinski definition) is 2. The van der Waals surface area contributed by atoms with Crippen molar-refractivity contribution in [2.24, 2.45) is 0 Å². The normalized spacial score (nSPS) is 10.9. The Kier molecular flexibility index (Phi) is 6.01. The molecule has 4 aromatic rings. The summed E-state index contributed by atoms with van der Waals surface area (Å²) >= 11 is 0. The van der Waals surface area contributed by atoms with E-state index < -0.39 is 0 Å². The van der Waals surface area contributed by atoms with Gasteiger partial charge in [-0.2, -0.15) is 0 Å². The van der Waals surface area contributed by atoms with E-state index in [4.69, 9.17) is 4.74 Å². The average Bonchev–Trinajstić information content (AvgIpc) is 2.76. The van der Waals surface area contributed by atoms with Crippen molar-refractivity contribution in [3.63, 3.8) is 0 Å². The first-order valence-electron chi connectivity index (χ1n) is 9.82. The molecule has 0 radical (unpaired) electrons. The molecule has 0 spiro atoms. The first-order valence-corrected chi connectivity index (χ1v) is 9.82. The lowest BCUT2D eigenvalue weighted by Gasteiger charge is -2.15. The molecule has 0 aliphatic carbocycles. The van der Waals surface area contributed by atoms with E-state index in [9.17, 15) is 0 Å². The van der Waals surface area contributed by atoms with E-state index in [1.165, 1.54) is 27.5 Å². The monoisotopic (exact) mass is 367 g/mol. The Morgan fingerprint density at radius 3 is 2.07 bits per heavy atom. The third-order valence-corrected chi connectivity index (χ3v) is 4.96. The highest BCUT2D eigenvalue weighted by atomic mass is 16.5. The Balaban J connectivity index is 1.49. The molecular weight excluding hydrogens is 342 g/mol. The van der Waals surface area contributed by atoms with Gasteiger partial charge in [0.2, 0.25) is 0 Å². The zero-order valence-corrected chi connectivity index (χ0v) is 16.0. The molecule has 2 heteroatoms. The van der Waals surface area contributed by atoms with Crippen molar-refractivity contribution >= 4 is 10.8 Å². The fraction of sp³-hybridized carbons (Fsp3) is 0.154. The van der Waals surface area contributed by atoms with Gasteiger partial charge in [-0.15, -0.1) is 0 Å². The SMILES string of the molecule is c1ccc(CCOc2ccc3ccccc3c2CNCc2ccccc2)cc1. The minimum absolute atomic E-state index is 0.675. The molecule has 0 atom stereocenters. The summed E-state index contributed by atoms with van der Waals surface area (Å²) < 4.78 is 6.21. The van der Waals surface area contributed by atoms with Gasteiger partial charge in [0, 0.05) is 25.1 Å². The molecule has 4 rings (SSSR count). The van der Waals surface area contributed by atoms with Gasteiger partial charge < -0.3 is 10.1 Å². The van der Waals surface area contributed by atoms with Gasteiger partial charge in [-0.05, 0) is 28.0 Å². The molecule has 0 bridgehead atoms. The lowest BCUT2D eigenvalue weighted by molar-refractivity contribution is 0.318. The zero-order chi connectivity index (χ0) is 19.0. The number of ether oxygens (including phenoxy) is 1. The van der Waals surface area contributed by atoms with Crippen LogP contribution in [0.4, 0.5) is 0 Å². The summed E-state index contributed by atoms with van der Waals surface area (Å²) in [6.07, 6.45) is 0.907. The molecule has 0 aliphatic rings. The summed E-state index contributed by atoms with van der Waals surface area (Å²) in [7, 11) is 0. The van der Waals surface area contributed by atoms with Gasteiger partial charge in [0.1, 0.15) is 5.75 Å². The van der Waals surface area contributed by atoms with Gasteiger partial charge in [-0.25, -0.2) is 0 Å². The highest BCUT2D eigenvalue weighted by molar-refractivity contribution is 5.87. The average molecular weight is 367 g/mol. The Morgan fingerprint density at radius 2 is 1.29 bits per heavy atom. The van der Waals surface area contributed by atoms with Gasteiger partial charge >= 0.3 is 0 Å². The van der Waals surface area contributed by atoms with Gasteiger partial charge in [-0.3, -0.25) is 0 Å². The van der Waals surface area contributed by atoms with Crippen LogP contribution in [-0.2, 0) is 19.5 Å². The van der Waals surface area contributed by atoms with Crippen LogP contribution >= 0.6 is 0 Å². The van der Waals surface area contributed by atoms with E-state index in [0.29, 0.717) is 6.61 Å². The predicted molar refractivity (Wildman–Crippen MR) is 117 cm³/mol. The molecule has 0 fully saturated rings. The van der Waals surface area contributed by atoms with E-state index in [2.05, 4.69) is 90.2 Å². The Labute approximate surface area is 166 Å². The number of hydrogen-bond donors (Lipinski definition) is 1. The van der Waals surface area contributed by atoms with Crippen molar-refractivity contribution in [3.8, 4) is 5.75 Å². The van der Waals surface area contributed by atoms with Crippen molar-refractivity contribution in [3.05, 3.63) is 114 Å². The standard InChI is InChI=1S/C26H25NO/c1-3-9-21(10-4-1)17-18-28-26-16-15-23-13-7-8-14-24(23)25(26)20-27-19-22-11-5-2-6-12-22/h1-16,27H,17-20H2. The summed E-state index contributed by atoms with van der Waals surface area (Å²) in [5, 5.41) is 6.07. The summed E-state index contributed by atoms with van der Waals surface area (Å²) in [5.41, 5.74) is 3.81. The summed E-state index contributed by atoms with van der Waals surface area (Å²) in [5.74, 6) is 0.968. The molecular formula is C26H25NO. The van der Waals surface area contributed by atoms with Crippen LogP contribution in [0.15, 0.2) is 97.1 Å². The molecule has 4 aromatic carbocycles. The molecule has 140 valence electrons. The van der Waals surface area contributed by atoms with Gasteiger partial charge in [0.05, 0.1) is 6.61 Å². The first-order chi connectivity index (χ1) is 13.9. The molecule has 2 nitrogen and oxygen atoms in total. The number of benzene rings is 4.